The van der Waals surface area contributed by atoms with Gasteiger partial charge in [0.1, 0.15) is 0 Å². The van der Waals surface area contributed by atoms with E-state index in [4.69, 9.17) is 5.73 Å². The quantitative estimate of drug-likeness (QED) is 0.530. The maximum atomic E-state index is 11.6. The van der Waals surface area contributed by atoms with Gasteiger partial charge >= 0.3 is 0 Å². The number of carbonyl (C=O) groups is 1. The van der Waals surface area contributed by atoms with E-state index in [1.54, 1.807) is 12.1 Å². The zero-order valence-corrected chi connectivity index (χ0v) is 13.1. The molecule has 116 valence electrons. The van der Waals surface area contributed by atoms with Gasteiger partial charge in [0.15, 0.2) is 5.96 Å². The first-order valence-electron chi connectivity index (χ1n) is 7.43. The van der Waals surface area contributed by atoms with Crippen molar-refractivity contribution >= 4 is 11.9 Å². The van der Waals surface area contributed by atoms with Gasteiger partial charge in [-0.1, -0.05) is 26.0 Å². The van der Waals surface area contributed by atoms with Crippen molar-refractivity contribution < 1.29 is 4.79 Å². The average Bonchev–Trinajstić information content (AvgIpc) is 2.45. The molecule has 1 amide bonds. The second-order valence-electron chi connectivity index (χ2n) is 5.37. The van der Waals surface area contributed by atoms with E-state index in [9.17, 15) is 4.79 Å². The van der Waals surface area contributed by atoms with Crippen LogP contribution in [0.4, 0.5) is 0 Å². The summed E-state index contributed by atoms with van der Waals surface area (Å²) in [5.74, 6) is 1.05. The van der Waals surface area contributed by atoms with Crippen LogP contribution in [-0.2, 0) is 6.54 Å². The SMILES string of the molecule is CCNC(=O)c1ccc(CN=C(N)NCCC(C)C)cc1. The molecule has 0 atom stereocenters. The van der Waals surface area contributed by atoms with Gasteiger partial charge in [-0.05, 0) is 37.0 Å². The summed E-state index contributed by atoms with van der Waals surface area (Å²) in [6.07, 6.45) is 1.07. The Bertz CT molecular complexity index is 466. The Hall–Kier alpha value is -2.04. The molecule has 21 heavy (non-hydrogen) atoms. The molecule has 0 spiro atoms. The van der Waals surface area contributed by atoms with Gasteiger partial charge in [-0.25, -0.2) is 4.99 Å². The predicted molar refractivity (Wildman–Crippen MR) is 87.2 cm³/mol. The summed E-state index contributed by atoms with van der Waals surface area (Å²) >= 11 is 0. The summed E-state index contributed by atoms with van der Waals surface area (Å²) in [6, 6.07) is 7.40. The van der Waals surface area contributed by atoms with Crippen molar-refractivity contribution in [1.82, 2.24) is 10.6 Å². The minimum atomic E-state index is -0.0533. The van der Waals surface area contributed by atoms with Gasteiger partial charge in [-0.2, -0.15) is 0 Å². The van der Waals surface area contributed by atoms with Crippen LogP contribution in [0, 0.1) is 5.92 Å². The van der Waals surface area contributed by atoms with Gasteiger partial charge in [0.25, 0.3) is 5.91 Å². The summed E-state index contributed by atoms with van der Waals surface area (Å²) in [4.78, 5) is 15.9. The van der Waals surface area contributed by atoms with Gasteiger partial charge < -0.3 is 16.4 Å². The fraction of sp³-hybridized carbons (Fsp3) is 0.500. The number of guanidine groups is 1. The third kappa shape index (κ3) is 6.79. The molecular weight excluding hydrogens is 264 g/mol. The molecule has 1 aromatic carbocycles. The van der Waals surface area contributed by atoms with Crippen molar-refractivity contribution in [3.63, 3.8) is 0 Å². The fourth-order valence-corrected chi connectivity index (χ4v) is 1.75. The Morgan fingerprint density at radius 1 is 1.24 bits per heavy atom. The molecule has 5 nitrogen and oxygen atoms in total. The van der Waals surface area contributed by atoms with Crippen LogP contribution >= 0.6 is 0 Å². The minimum Gasteiger partial charge on any atom is -0.370 e. The van der Waals surface area contributed by atoms with Crippen molar-refractivity contribution in [3.8, 4) is 0 Å². The zero-order chi connectivity index (χ0) is 15.7. The van der Waals surface area contributed by atoms with Crippen LogP contribution in [0.25, 0.3) is 0 Å². The lowest BCUT2D eigenvalue weighted by Crippen LogP contribution is -2.32. The van der Waals surface area contributed by atoms with Gasteiger partial charge in [-0.3, -0.25) is 4.79 Å². The summed E-state index contributed by atoms with van der Waals surface area (Å²) in [6.45, 7) is 8.22. The first-order chi connectivity index (χ1) is 10.0. The summed E-state index contributed by atoms with van der Waals surface area (Å²) in [7, 11) is 0. The number of hydrogen-bond acceptors (Lipinski definition) is 2. The molecule has 1 aromatic rings. The van der Waals surface area contributed by atoms with Crippen LogP contribution in [0.15, 0.2) is 29.3 Å². The Morgan fingerprint density at radius 3 is 2.48 bits per heavy atom. The highest BCUT2D eigenvalue weighted by molar-refractivity contribution is 5.94. The lowest BCUT2D eigenvalue weighted by atomic mass is 10.1. The second-order valence-corrected chi connectivity index (χ2v) is 5.37. The highest BCUT2D eigenvalue weighted by Gasteiger charge is 2.03. The molecule has 4 N–H and O–H groups in total. The zero-order valence-electron chi connectivity index (χ0n) is 13.1. The van der Waals surface area contributed by atoms with E-state index in [0.29, 0.717) is 30.5 Å². The van der Waals surface area contributed by atoms with Crippen LogP contribution in [0.1, 0.15) is 43.1 Å². The van der Waals surface area contributed by atoms with Gasteiger partial charge in [0, 0.05) is 18.7 Å². The first-order valence-corrected chi connectivity index (χ1v) is 7.43. The molecular formula is C16H26N4O. The van der Waals surface area contributed by atoms with E-state index in [2.05, 4.69) is 29.5 Å². The molecule has 1 rings (SSSR count). The molecule has 0 aliphatic carbocycles. The molecule has 0 aliphatic heterocycles. The standard InChI is InChI=1S/C16H26N4O/c1-4-18-15(21)14-7-5-13(6-8-14)11-20-16(17)19-10-9-12(2)3/h5-8,12H,4,9-11H2,1-3H3,(H,18,21)(H3,17,19,20). The molecule has 0 radical (unpaired) electrons. The number of nitrogens with one attached hydrogen (secondary N) is 2. The molecule has 0 aromatic heterocycles. The van der Waals surface area contributed by atoms with E-state index >= 15 is 0 Å². The normalized spacial score (nSPS) is 11.5. The molecule has 0 fully saturated rings. The van der Waals surface area contributed by atoms with E-state index in [1.807, 2.05) is 19.1 Å². The predicted octanol–water partition coefficient (Wildman–Crippen LogP) is 1.89. The molecule has 0 unspecified atom stereocenters. The van der Waals surface area contributed by atoms with Crippen LogP contribution in [0.2, 0.25) is 0 Å². The van der Waals surface area contributed by atoms with Crippen LogP contribution in [0.3, 0.4) is 0 Å². The minimum absolute atomic E-state index is 0.0533. The highest BCUT2D eigenvalue weighted by atomic mass is 16.1. The van der Waals surface area contributed by atoms with Gasteiger partial charge in [0.2, 0.25) is 0 Å². The van der Waals surface area contributed by atoms with E-state index < -0.39 is 0 Å². The smallest absolute Gasteiger partial charge is 0.251 e. The second kappa shape index (κ2) is 9.00. The number of amides is 1. The third-order valence-corrected chi connectivity index (χ3v) is 3.01. The fourth-order valence-electron chi connectivity index (χ4n) is 1.75. The maximum Gasteiger partial charge on any atom is 0.251 e. The summed E-state index contributed by atoms with van der Waals surface area (Å²) in [5.41, 5.74) is 7.48. The lowest BCUT2D eigenvalue weighted by Gasteiger charge is -2.07. The van der Waals surface area contributed by atoms with E-state index in [-0.39, 0.29) is 5.91 Å². The van der Waals surface area contributed by atoms with E-state index in [1.165, 1.54) is 0 Å². The Morgan fingerprint density at radius 2 is 1.90 bits per heavy atom. The molecule has 0 aliphatic rings. The monoisotopic (exact) mass is 290 g/mol. The van der Waals surface area contributed by atoms with Crippen molar-refractivity contribution in [1.29, 1.82) is 0 Å². The number of nitrogens with zero attached hydrogens (tertiary/aromatic N) is 1. The Kier molecular flexibility index (Phi) is 7.29. The van der Waals surface area contributed by atoms with Crippen LogP contribution in [-0.4, -0.2) is 25.0 Å². The number of nitrogens with two attached hydrogens (primary N) is 1. The van der Waals surface area contributed by atoms with Crippen LogP contribution < -0.4 is 16.4 Å². The number of hydrogen-bond donors (Lipinski definition) is 3. The van der Waals surface area contributed by atoms with E-state index in [0.717, 1.165) is 18.5 Å². The Balaban J connectivity index is 2.46. The van der Waals surface area contributed by atoms with Crippen molar-refractivity contribution in [2.45, 2.75) is 33.7 Å². The molecule has 0 bridgehead atoms. The summed E-state index contributed by atoms with van der Waals surface area (Å²) < 4.78 is 0. The molecule has 0 saturated carbocycles. The third-order valence-electron chi connectivity index (χ3n) is 3.01. The van der Waals surface area contributed by atoms with Gasteiger partial charge in [-0.15, -0.1) is 0 Å². The topological polar surface area (TPSA) is 79.5 Å². The number of benzene rings is 1. The summed E-state index contributed by atoms with van der Waals surface area (Å²) in [5, 5.41) is 5.86. The highest BCUT2D eigenvalue weighted by Crippen LogP contribution is 2.05. The largest absolute Gasteiger partial charge is 0.370 e. The molecule has 0 saturated heterocycles. The molecule has 5 heteroatoms. The first kappa shape index (κ1) is 17.0. The number of aliphatic imine (C=N–C) groups is 1. The number of carbonyl (C=O) groups excluding carboxylic acids is 1. The molecule has 0 heterocycles. The maximum absolute atomic E-state index is 11.6. The van der Waals surface area contributed by atoms with Crippen molar-refractivity contribution in [3.05, 3.63) is 35.4 Å². The van der Waals surface area contributed by atoms with Crippen molar-refractivity contribution in [2.24, 2.45) is 16.6 Å². The Labute approximate surface area is 127 Å². The number of rotatable bonds is 7. The van der Waals surface area contributed by atoms with Crippen LogP contribution in [0.5, 0.6) is 0 Å². The van der Waals surface area contributed by atoms with Crippen molar-refractivity contribution in [2.75, 3.05) is 13.1 Å². The van der Waals surface area contributed by atoms with Gasteiger partial charge in [0.05, 0.1) is 6.54 Å². The average molecular weight is 290 g/mol. The lowest BCUT2D eigenvalue weighted by molar-refractivity contribution is 0.0956.